The van der Waals surface area contributed by atoms with Crippen LogP contribution in [-0.2, 0) is 27.9 Å². The average molecular weight is 638 g/mol. The SMILES string of the molecule is CC(C)[Si](OCC1OC(OS(C)(=O)=O)C(Cl)(Br)C1O[Si](C(C)C)(C(C)C)C(C)C)(C(C)C)C(C)C. The Morgan fingerprint density at radius 2 is 1.20 bits per heavy atom. The fourth-order valence-electron chi connectivity index (χ4n) is 6.58. The van der Waals surface area contributed by atoms with Crippen molar-refractivity contribution in [2.24, 2.45) is 0 Å². The fourth-order valence-corrected chi connectivity index (χ4v) is 19.4. The molecule has 0 bridgehead atoms. The Labute approximate surface area is 231 Å². The molecule has 1 rings (SSSR count). The summed E-state index contributed by atoms with van der Waals surface area (Å²) in [5.74, 6) is 0. The Morgan fingerprint density at radius 3 is 1.51 bits per heavy atom. The Balaban J connectivity index is 3.53. The summed E-state index contributed by atoms with van der Waals surface area (Å²) in [7, 11) is -8.42. The zero-order valence-corrected chi connectivity index (χ0v) is 29.2. The topological polar surface area (TPSA) is 71.1 Å². The van der Waals surface area contributed by atoms with Gasteiger partial charge in [-0.3, -0.25) is 0 Å². The largest absolute Gasteiger partial charge is 0.413 e. The zero-order chi connectivity index (χ0) is 27.7. The molecule has 210 valence electrons. The third-order valence-electron chi connectivity index (χ3n) is 7.83. The first kappa shape index (κ1) is 34.0. The van der Waals surface area contributed by atoms with E-state index < -0.39 is 49.0 Å². The lowest BCUT2D eigenvalue weighted by Gasteiger charge is -2.47. The minimum Gasteiger partial charge on any atom is -0.413 e. The molecule has 11 heteroatoms. The van der Waals surface area contributed by atoms with Gasteiger partial charge in [-0.05, 0) is 33.2 Å². The molecule has 35 heavy (non-hydrogen) atoms. The van der Waals surface area contributed by atoms with Gasteiger partial charge in [-0.25, -0.2) is 4.18 Å². The van der Waals surface area contributed by atoms with Gasteiger partial charge in [0, 0.05) is 0 Å². The van der Waals surface area contributed by atoms with Crippen molar-refractivity contribution in [1.29, 1.82) is 0 Å². The lowest BCUT2D eigenvalue weighted by molar-refractivity contribution is -0.0885. The molecule has 0 N–H and O–H groups in total. The van der Waals surface area contributed by atoms with Crippen LogP contribution >= 0.6 is 27.5 Å². The van der Waals surface area contributed by atoms with Crippen molar-refractivity contribution in [1.82, 2.24) is 0 Å². The summed E-state index contributed by atoms with van der Waals surface area (Å²) in [5.41, 5.74) is 2.13. The van der Waals surface area contributed by atoms with E-state index >= 15 is 0 Å². The second-order valence-corrected chi connectivity index (χ2v) is 26.8. The van der Waals surface area contributed by atoms with Crippen LogP contribution in [0.4, 0.5) is 0 Å². The number of hydrogen-bond donors (Lipinski definition) is 0. The second-order valence-electron chi connectivity index (χ2n) is 12.0. The maximum absolute atomic E-state index is 12.0. The minimum absolute atomic E-state index is 0.272. The van der Waals surface area contributed by atoms with E-state index in [0.717, 1.165) is 6.26 Å². The van der Waals surface area contributed by atoms with Gasteiger partial charge >= 0.3 is 0 Å². The van der Waals surface area contributed by atoms with Gasteiger partial charge in [0.2, 0.25) is 14.6 Å². The highest BCUT2D eigenvalue weighted by atomic mass is 79.9. The molecule has 1 saturated heterocycles. The summed E-state index contributed by atoms with van der Waals surface area (Å²) in [6.45, 7) is 26.9. The lowest BCUT2D eigenvalue weighted by atomic mass is 10.2. The third-order valence-corrected chi connectivity index (χ3v) is 21.7. The number of hydrogen-bond acceptors (Lipinski definition) is 6. The summed E-state index contributed by atoms with van der Waals surface area (Å²) in [6.07, 6.45) is -1.46. The molecule has 0 aromatic carbocycles. The number of halogens is 2. The van der Waals surface area contributed by atoms with Gasteiger partial charge in [-0.2, -0.15) is 8.42 Å². The summed E-state index contributed by atoms with van der Waals surface area (Å²) < 4.78 is 48.2. The van der Waals surface area contributed by atoms with Crippen LogP contribution in [0.2, 0.25) is 33.2 Å². The molecule has 1 heterocycles. The Morgan fingerprint density at radius 1 is 0.829 bits per heavy atom. The molecule has 6 nitrogen and oxygen atoms in total. The van der Waals surface area contributed by atoms with Crippen LogP contribution < -0.4 is 0 Å². The van der Waals surface area contributed by atoms with Crippen molar-refractivity contribution in [3.63, 3.8) is 0 Å². The van der Waals surface area contributed by atoms with Crippen LogP contribution in [0.25, 0.3) is 0 Å². The van der Waals surface area contributed by atoms with Crippen LogP contribution in [0.1, 0.15) is 83.1 Å². The van der Waals surface area contributed by atoms with E-state index in [1.54, 1.807) is 0 Å². The zero-order valence-electron chi connectivity index (χ0n) is 24.0. The Hall–Kier alpha value is 0.994. The van der Waals surface area contributed by atoms with Gasteiger partial charge in [-0.1, -0.05) is 111 Å². The number of rotatable bonds is 13. The van der Waals surface area contributed by atoms with Crippen LogP contribution in [-0.4, -0.2) is 60.2 Å². The molecular weight excluding hydrogens is 588 g/mol. The monoisotopic (exact) mass is 636 g/mol. The molecule has 0 radical (unpaired) electrons. The minimum atomic E-state index is -3.82. The van der Waals surface area contributed by atoms with Crippen molar-refractivity contribution >= 4 is 54.3 Å². The van der Waals surface area contributed by atoms with Gasteiger partial charge in [0.25, 0.3) is 10.1 Å². The molecule has 4 atom stereocenters. The second kappa shape index (κ2) is 12.4. The first-order valence-electron chi connectivity index (χ1n) is 12.9. The van der Waals surface area contributed by atoms with Crippen LogP contribution in [0, 0.1) is 0 Å². The molecule has 1 aliphatic heterocycles. The summed E-state index contributed by atoms with van der Waals surface area (Å²) in [5, 5.41) is 0. The van der Waals surface area contributed by atoms with E-state index in [9.17, 15) is 8.42 Å². The summed E-state index contributed by atoms with van der Waals surface area (Å²) in [6, 6.07) is 0. The van der Waals surface area contributed by atoms with Crippen molar-refractivity contribution in [2.45, 2.75) is 139 Å². The lowest BCUT2D eigenvalue weighted by Crippen LogP contribution is -2.56. The summed E-state index contributed by atoms with van der Waals surface area (Å²) in [4.78, 5) is 0. The fraction of sp³-hybridized carbons (Fsp3) is 1.00. The molecule has 1 aliphatic rings. The van der Waals surface area contributed by atoms with Gasteiger partial charge in [0.1, 0.15) is 12.2 Å². The van der Waals surface area contributed by atoms with Crippen molar-refractivity contribution < 1.29 is 26.2 Å². The van der Waals surface area contributed by atoms with Crippen molar-refractivity contribution in [3.05, 3.63) is 0 Å². The van der Waals surface area contributed by atoms with E-state index in [4.69, 9.17) is 29.4 Å². The Bertz CT molecular complexity index is 745. The number of alkyl halides is 2. The highest BCUT2D eigenvalue weighted by Crippen LogP contribution is 2.51. The van der Waals surface area contributed by atoms with E-state index in [0.29, 0.717) is 33.2 Å². The van der Waals surface area contributed by atoms with Gasteiger partial charge in [0.05, 0.1) is 12.9 Å². The highest BCUT2D eigenvalue weighted by Gasteiger charge is 2.61. The maximum Gasteiger partial charge on any atom is 0.266 e. The van der Waals surface area contributed by atoms with Crippen molar-refractivity contribution in [3.8, 4) is 0 Å². The molecule has 0 amide bonds. The van der Waals surface area contributed by atoms with Crippen LogP contribution in [0.5, 0.6) is 0 Å². The predicted octanol–water partition coefficient (Wildman–Crippen LogP) is 7.77. The first-order chi connectivity index (χ1) is 15.7. The molecule has 0 aromatic rings. The molecular formula is C24H50BrClO6SSi2. The Kier molecular flexibility index (Phi) is 12.1. The van der Waals surface area contributed by atoms with E-state index in [1.807, 2.05) is 0 Å². The standard InChI is InChI=1S/C24H50BrClO6SSi2/c1-15(2)34(16(3)4,17(5)6)29-14-21-22(24(25,26)23(30-21)31-33(13,27)28)32-35(18(7)8,19(9)10)20(11)12/h15-23H,14H2,1-13H3. The predicted molar refractivity (Wildman–Crippen MR) is 155 cm³/mol. The quantitative estimate of drug-likeness (QED) is 0.117. The molecule has 4 unspecified atom stereocenters. The molecule has 0 aromatic heterocycles. The molecule has 0 aliphatic carbocycles. The maximum atomic E-state index is 12.0. The highest BCUT2D eigenvalue weighted by molar-refractivity contribution is 9.10. The van der Waals surface area contributed by atoms with Gasteiger partial charge < -0.3 is 13.6 Å². The summed E-state index contributed by atoms with van der Waals surface area (Å²) >= 11 is 10.6. The van der Waals surface area contributed by atoms with E-state index in [2.05, 4.69) is 99.0 Å². The van der Waals surface area contributed by atoms with Gasteiger partial charge in [-0.15, -0.1) is 0 Å². The average Bonchev–Trinajstić information content (AvgIpc) is 2.86. The van der Waals surface area contributed by atoms with E-state index in [-0.39, 0.29) is 6.61 Å². The molecule has 1 fully saturated rings. The molecule has 0 saturated carbocycles. The normalized spacial score (nSPS) is 26.9. The first-order valence-corrected chi connectivity index (χ1v) is 20.2. The smallest absolute Gasteiger partial charge is 0.266 e. The number of ether oxygens (including phenoxy) is 1. The third kappa shape index (κ3) is 7.15. The van der Waals surface area contributed by atoms with E-state index in [1.165, 1.54) is 0 Å². The van der Waals surface area contributed by atoms with Gasteiger partial charge in [0.15, 0.2) is 12.1 Å². The molecule has 0 spiro atoms. The van der Waals surface area contributed by atoms with Crippen molar-refractivity contribution in [2.75, 3.05) is 12.9 Å². The van der Waals surface area contributed by atoms with Crippen LogP contribution in [0.3, 0.4) is 0 Å². The van der Waals surface area contributed by atoms with Crippen LogP contribution in [0.15, 0.2) is 0 Å².